The number of fused-ring (bicyclic) bond motifs is 6. The summed E-state index contributed by atoms with van der Waals surface area (Å²) in [4.78, 5) is 40.3. The van der Waals surface area contributed by atoms with Crippen LogP contribution in [0.4, 0.5) is 5.69 Å². The van der Waals surface area contributed by atoms with Crippen LogP contribution >= 0.6 is 0 Å². The Morgan fingerprint density at radius 3 is 2.55 bits per heavy atom. The normalized spacial score (nSPS) is 27.4. The van der Waals surface area contributed by atoms with Crippen LogP contribution in [-0.4, -0.2) is 43.0 Å². The zero-order valence-electron chi connectivity index (χ0n) is 21.1. The average molecular weight is 511 g/mol. The maximum atomic E-state index is 14.0. The van der Waals surface area contributed by atoms with Crippen molar-refractivity contribution in [2.45, 2.75) is 37.4 Å². The molecule has 0 aliphatic carbocycles. The van der Waals surface area contributed by atoms with E-state index < -0.39 is 23.0 Å². The summed E-state index contributed by atoms with van der Waals surface area (Å²) in [5.74, 6) is -0.799. The lowest BCUT2D eigenvalue weighted by molar-refractivity contribution is -0.131. The second-order valence-electron chi connectivity index (χ2n) is 10.4. The van der Waals surface area contributed by atoms with Crippen LogP contribution in [0.3, 0.4) is 0 Å². The quantitative estimate of drug-likeness (QED) is 0.342. The molecule has 0 saturated carbocycles. The molecule has 2 amide bonds. The molecule has 3 saturated heterocycles. The van der Waals surface area contributed by atoms with Crippen LogP contribution in [0.5, 0.6) is 11.5 Å². The van der Waals surface area contributed by atoms with Gasteiger partial charge in [0.15, 0.2) is 11.5 Å². The predicted octanol–water partition coefficient (Wildman–Crippen LogP) is 4.43. The summed E-state index contributed by atoms with van der Waals surface area (Å²) in [6.07, 6.45) is 2.48. The molecule has 3 aromatic carbocycles. The van der Waals surface area contributed by atoms with Gasteiger partial charge in [0.05, 0.1) is 54.1 Å². The van der Waals surface area contributed by atoms with E-state index in [1.165, 1.54) is 12.0 Å². The van der Waals surface area contributed by atoms with E-state index in [0.29, 0.717) is 58.3 Å². The van der Waals surface area contributed by atoms with Crippen molar-refractivity contribution in [3.8, 4) is 17.6 Å². The Bertz CT molecular complexity index is 1540. The van der Waals surface area contributed by atoms with Crippen LogP contribution in [0.2, 0.25) is 0 Å². The smallest absolute Gasteiger partial charge is 0.240 e. The van der Waals surface area contributed by atoms with Gasteiger partial charge in [-0.1, -0.05) is 24.3 Å². The molecule has 3 aliphatic rings. The number of hydrogen-bond donors (Lipinski definition) is 0. The van der Waals surface area contributed by atoms with Gasteiger partial charge in [0.1, 0.15) is 6.29 Å². The van der Waals surface area contributed by atoms with Gasteiger partial charge in [0.2, 0.25) is 11.8 Å². The Morgan fingerprint density at radius 1 is 1.05 bits per heavy atom. The molecule has 192 valence electrons. The Hall–Kier alpha value is -4.22. The van der Waals surface area contributed by atoms with Gasteiger partial charge in [-0.3, -0.25) is 14.4 Å². The lowest BCUT2D eigenvalue weighted by atomic mass is 9.67. The molecule has 0 unspecified atom stereocenters. The summed E-state index contributed by atoms with van der Waals surface area (Å²) in [7, 11) is 1.51. The van der Waals surface area contributed by atoms with Gasteiger partial charge < -0.3 is 14.2 Å². The molecule has 2 bridgehead atoms. The highest BCUT2D eigenvalue weighted by Crippen LogP contribution is 2.62. The number of benzene rings is 3. The Kier molecular flexibility index (Phi) is 5.51. The molecule has 0 radical (unpaired) electrons. The molecule has 0 aromatic heterocycles. The summed E-state index contributed by atoms with van der Waals surface area (Å²) in [6.45, 7) is 2.17. The highest BCUT2D eigenvalue weighted by Gasteiger charge is 2.73. The van der Waals surface area contributed by atoms with Crippen LogP contribution in [-0.2, 0) is 14.3 Å². The minimum absolute atomic E-state index is 0.247. The topological polar surface area (TPSA) is 106 Å². The third-order valence-corrected chi connectivity index (χ3v) is 8.38. The van der Waals surface area contributed by atoms with Gasteiger partial charge in [0.25, 0.3) is 0 Å². The fourth-order valence-electron chi connectivity index (χ4n) is 6.63. The van der Waals surface area contributed by atoms with E-state index in [1.54, 1.807) is 30.3 Å². The zero-order valence-corrected chi connectivity index (χ0v) is 21.1. The van der Waals surface area contributed by atoms with E-state index in [0.717, 1.165) is 6.29 Å². The zero-order chi connectivity index (χ0) is 26.7. The molecule has 3 aliphatic heterocycles. The summed E-state index contributed by atoms with van der Waals surface area (Å²) >= 11 is 0. The molecule has 38 heavy (non-hydrogen) atoms. The Balaban J connectivity index is 1.31. The molecule has 8 heteroatoms. The molecule has 3 aromatic rings. The van der Waals surface area contributed by atoms with Gasteiger partial charge in [-0.2, -0.15) is 5.26 Å². The van der Waals surface area contributed by atoms with Crippen LogP contribution in [0.1, 0.15) is 42.1 Å². The predicted molar refractivity (Wildman–Crippen MR) is 138 cm³/mol. The van der Waals surface area contributed by atoms with Crippen LogP contribution < -0.4 is 14.4 Å². The molecule has 0 spiro atoms. The van der Waals surface area contributed by atoms with E-state index in [4.69, 9.17) is 14.2 Å². The molecule has 3 fully saturated rings. The van der Waals surface area contributed by atoms with Crippen LogP contribution in [0.25, 0.3) is 10.8 Å². The summed E-state index contributed by atoms with van der Waals surface area (Å²) < 4.78 is 17.9. The summed E-state index contributed by atoms with van der Waals surface area (Å²) in [5, 5.41) is 10.9. The number of methoxy groups -OCH3 is 1. The van der Waals surface area contributed by atoms with Crippen molar-refractivity contribution in [3.05, 3.63) is 65.7 Å². The standard InChI is InChI=1S/C30H26N2O6/c1-29-11-12-30(38-29,13-14-37-23-10-7-18(17-33)15-24(23)36-2)26-25(29)27(34)32(28(26)35)22-9-8-19(16-31)20-5-3-4-6-21(20)22/h3-10,15,17,25-26H,11-14H2,1-2H3/t25-,26+,29-,30-/m1/s1. The number of nitriles is 1. The number of carbonyl (C=O) groups excluding carboxylic acids is 3. The number of carbonyl (C=O) groups is 3. The van der Waals surface area contributed by atoms with E-state index in [9.17, 15) is 19.6 Å². The third kappa shape index (κ3) is 3.35. The van der Waals surface area contributed by atoms with E-state index in [2.05, 4.69) is 6.07 Å². The number of nitrogens with zero attached hydrogens (tertiary/aromatic N) is 2. The van der Waals surface area contributed by atoms with E-state index in [-0.39, 0.29) is 18.4 Å². The number of amides is 2. The lowest BCUT2D eigenvalue weighted by Crippen LogP contribution is -2.43. The van der Waals surface area contributed by atoms with Crippen molar-refractivity contribution in [3.63, 3.8) is 0 Å². The Morgan fingerprint density at radius 2 is 1.82 bits per heavy atom. The van der Waals surface area contributed by atoms with Gasteiger partial charge in [-0.25, -0.2) is 4.90 Å². The largest absolute Gasteiger partial charge is 0.493 e. The van der Waals surface area contributed by atoms with Gasteiger partial charge in [-0.15, -0.1) is 0 Å². The molecule has 0 N–H and O–H groups in total. The molecular weight excluding hydrogens is 484 g/mol. The van der Waals surface area contributed by atoms with Gasteiger partial charge >= 0.3 is 0 Å². The van der Waals surface area contributed by atoms with Crippen LogP contribution in [0, 0.1) is 23.2 Å². The van der Waals surface area contributed by atoms with Crippen molar-refractivity contribution in [1.82, 2.24) is 0 Å². The maximum Gasteiger partial charge on any atom is 0.240 e. The highest BCUT2D eigenvalue weighted by atomic mass is 16.5. The second kappa shape index (κ2) is 8.67. The first-order chi connectivity index (χ1) is 18.4. The number of rotatable bonds is 7. The Labute approximate surface area is 219 Å². The molecule has 3 heterocycles. The number of aldehydes is 1. The molecule has 6 rings (SSSR count). The van der Waals surface area contributed by atoms with Crippen molar-refractivity contribution < 1.29 is 28.6 Å². The number of imide groups is 1. The molecule has 8 nitrogen and oxygen atoms in total. The first-order valence-electron chi connectivity index (χ1n) is 12.6. The first-order valence-corrected chi connectivity index (χ1v) is 12.6. The highest BCUT2D eigenvalue weighted by molar-refractivity contribution is 6.26. The van der Waals surface area contributed by atoms with Gasteiger partial charge in [0, 0.05) is 22.8 Å². The monoisotopic (exact) mass is 510 g/mol. The maximum absolute atomic E-state index is 14.0. The van der Waals surface area contributed by atoms with Gasteiger partial charge in [-0.05, 0) is 50.1 Å². The summed E-state index contributed by atoms with van der Waals surface area (Å²) in [5.41, 5.74) is -0.0913. The lowest BCUT2D eigenvalue weighted by Gasteiger charge is -2.31. The molecular formula is C30H26N2O6. The number of anilines is 1. The average Bonchev–Trinajstić information content (AvgIpc) is 3.52. The third-order valence-electron chi connectivity index (χ3n) is 8.38. The van der Waals surface area contributed by atoms with E-state index >= 15 is 0 Å². The second-order valence-corrected chi connectivity index (χ2v) is 10.4. The van der Waals surface area contributed by atoms with Crippen molar-refractivity contribution in [2.24, 2.45) is 11.8 Å². The molecule has 4 atom stereocenters. The minimum atomic E-state index is -0.820. The van der Waals surface area contributed by atoms with Crippen LogP contribution in [0.15, 0.2) is 54.6 Å². The van der Waals surface area contributed by atoms with Crippen molar-refractivity contribution in [1.29, 1.82) is 5.26 Å². The fourth-order valence-corrected chi connectivity index (χ4v) is 6.63. The number of ether oxygens (including phenoxy) is 3. The summed E-state index contributed by atoms with van der Waals surface area (Å²) in [6, 6.07) is 17.8. The fraction of sp³-hybridized carbons (Fsp3) is 0.333. The van der Waals surface area contributed by atoms with Crippen molar-refractivity contribution >= 4 is 34.6 Å². The van der Waals surface area contributed by atoms with E-state index in [1.807, 2.05) is 31.2 Å². The van der Waals surface area contributed by atoms with Crippen molar-refractivity contribution in [2.75, 3.05) is 18.6 Å². The minimum Gasteiger partial charge on any atom is -0.493 e. The first kappa shape index (κ1) is 24.1. The number of hydrogen-bond acceptors (Lipinski definition) is 7. The SMILES string of the molecule is COc1cc(C=O)ccc1OCC[C@@]12CC[C@@](C)(O1)[C@H]1C(=O)N(c3ccc(C#N)c4ccccc34)C(=O)[C@H]12.